The summed E-state index contributed by atoms with van der Waals surface area (Å²) in [6, 6.07) is 7.59. The molecule has 0 amide bonds. The van der Waals surface area contributed by atoms with Gasteiger partial charge in [0.1, 0.15) is 0 Å². The highest BCUT2D eigenvalue weighted by molar-refractivity contribution is 7.52. The van der Waals surface area contributed by atoms with E-state index in [1.807, 2.05) is 24.3 Å². The molecule has 0 saturated heterocycles. The Hall–Kier alpha value is -1.73. The third kappa shape index (κ3) is 7.57. The number of benzene rings is 1. The van der Waals surface area contributed by atoms with Crippen molar-refractivity contribution < 1.29 is 33.4 Å². The van der Waals surface area contributed by atoms with Gasteiger partial charge >= 0.3 is 19.5 Å². The second-order valence-corrected chi connectivity index (χ2v) is 6.04. The van der Waals surface area contributed by atoms with Gasteiger partial charge < -0.3 is 25.0 Å². The van der Waals surface area contributed by atoms with E-state index in [2.05, 4.69) is 0 Å². The maximum absolute atomic E-state index is 11.8. The molecule has 118 valence electrons. The SMILES string of the molecule is COP(=O)(Cc1cccc(CN)c1)OC.O=C(O)C(=O)O. The van der Waals surface area contributed by atoms with E-state index in [9.17, 15) is 4.57 Å². The molecule has 1 aromatic rings. The molecule has 9 heteroatoms. The maximum Gasteiger partial charge on any atom is 0.414 e. The molecule has 0 heterocycles. The predicted octanol–water partition coefficient (Wildman–Crippen LogP) is 1.29. The normalized spacial score (nSPS) is 10.4. The van der Waals surface area contributed by atoms with Gasteiger partial charge in [0, 0.05) is 20.8 Å². The number of hydrogen-bond donors (Lipinski definition) is 3. The number of carbonyl (C=O) groups is 2. The van der Waals surface area contributed by atoms with E-state index in [-0.39, 0.29) is 6.16 Å². The van der Waals surface area contributed by atoms with E-state index in [1.54, 1.807) is 0 Å². The van der Waals surface area contributed by atoms with Crippen molar-refractivity contribution in [3.8, 4) is 0 Å². The summed E-state index contributed by atoms with van der Waals surface area (Å²) in [5.41, 5.74) is 7.43. The quantitative estimate of drug-likeness (QED) is 0.545. The molecule has 0 bridgehead atoms. The fourth-order valence-corrected chi connectivity index (χ4v) is 2.33. The van der Waals surface area contributed by atoms with E-state index < -0.39 is 19.5 Å². The number of carboxylic acids is 2. The predicted molar refractivity (Wildman–Crippen MR) is 74.9 cm³/mol. The van der Waals surface area contributed by atoms with Crippen LogP contribution >= 0.6 is 7.60 Å². The Kier molecular flexibility index (Phi) is 8.49. The zero-order chi connectivity index (χ0) is 16.5. The summed E-state index contributed by atoms with van der Waals surface area (Å²) in [5.74, 6) is -3.65. The maximum atomic E-state index is 11.8. The van der Waals surface area contributed by atoms with Gasteiger partial charge in [0.2, 0.25) is 0 Å². The van der Waals surface area contributed by atoms with Gasteiger partial charge in [0.15, 0.2) is 0 Å². The van der Waals surface area contributed by atoms with Crippen molar-refractivity contribution in [2.24, 2.45) is 5.73 Å². The first-order valence-corrected chi connectivity index (χ1v) is 7.45. The molecule has 0 atom stereocenters. The summed E-state index contributed by atoms with van der Waals surface area (Å²) in [7, 11) is -0.202. The highest BCUT2D eigenvalue weighted by Gasteiger charge is 2.21. The number of rotatable bonds is 5. The van der Waals surface area contributed by atoms with Crippen molar-refractivity contribution in [3.05, 3.63) is 35.4 Å². The molecule has 8 nitrogen and oxygen atoms in total. The average molecular weight is 319 g/mol. The Morgan fingerprint density at radius 1 is 1.14 bits per heavy atom. The molecule has 1 aromatic carbocycles. The van der Waals surface area contributed by atoms with Crippen molar-refractivity contribution in [2.75, 3.05) is 14.2 Å². The Morgan fingerprint density at radius 2 is 1.62 bits per heavy atom. The van der Waals surface area contributed by atoms with Crippen LogP contribution in [0.2, 0.25) is 0 Å². The smallest absolute Gasteiger partial charge is 0.414 e. The van der Waals surface area contributed by atoms with E-state index >= 15 is 0 Å². The second-order valence-electron chi connectivity index (χ2n) is 3.77. The molecule has 0 aliphatic heterocycles. The number of nitrogens with two attached hydrogens (primary N) is 1. The Balaban J connectivity index is 0.000000567. The molecule has 0 unspecified atom stereocenters. The minimum atomic E-state index is -2.97. The van der Waals surface area contributed by atoms with Crippen LogP contribution in [0.25, 0.3) is 0 Å². The van der Waals surface area contributed by atoms with Crippen LogP contribution < -0.4 is 5.73 Å². The zero-order valence-electron chi connectivity index (χ0n) is 11.7. The van der Waals surface area contributed by atoms with Gasteiger partial charge in [0.25, 0.3) is 0 Å². The van der Waals surface area contributed by atoms with Gasteiger partial charge in [-0.1, -0.05) is 24.3 Å². The minimum Gasteiger partial charge on any atom is -0.473 e. The van der Waals surface area contributed by atoms with Gasteiger partial charge in [-0.05, 0) is 11.1 Å². The van der Waals surface area contributed by atoms with Crippen LogP contribution in [0.15, 0.2) is 24.3 Å². The second kappa shape index (κ2) is 9.25. The molecule has 0 radical (unpaired) electrons. The molecule has 0 spiro atoms. The lowest BCUT2D eigenvalue weighted by molar-refractivity contribution is -0.159. The number of hydrogen-bond acceptors (Lipinski definition) is 6. The lowest BCUT2D eigenvalue weighted by atomic mass is 10.1. The van der Waals surface area contributed by atoms with E-state index in [0.29, 0.717) is 6.54 Å². The zero-order valence-corrected chi connectivity index (χ0v) is 12.6. The van der Waals surface area contributed by atoms with Crippen molar-refractivity contribution in [3.63, 3.8) is 0 Å². The van der Waals surface area contributed by atoms with Crippen LogP contribution in [0.4, 0.5) is 0 Å². The third-order valence-corrected chi connectivity index (χ3v) is 4.21. The Bertz CT molecular complexity index is 512. The summed E-state index contributed by atoms with van der Waals surface area (Å²) >= 11 is 0. The summed E-state index contributed by atoms with van der Waals surface area (Å²) in [6.45, 7) is 0.470. The van der Waals surface area contributed by atoms with E-state index in [4.69, 9.17) is 34.6 Å². The van der Waals surface area contributed by atoms with Gasteiger partial charge in [0.05, 0.1) is 6.16 Å². The van der Waals surface area contributed by atoms with Gasteiger partial charge in [-0.2, -0.15) is 0 Å². The molecule has 0 aliphatic carbocycles. The van der Waals surface area contributed by atoms with E-state index in [0.717, 1.165) is 11.1 Å². The van der Waals surface area contributed by atoms with Crippen LogP contribution in [0.5, 0.6) is 0 Å². The monoisotopic (exact) mass is 319 g/mol. The average Bonchev–Trinajstić information content (AvgIpc) is 2.47. The highest BCUT2D eigenvalue weighted by Crippen LogP contribution is 2.49. The van der Waals surface area contributed by atoms with Crippen LogP contribution in [-0.4, -0.2) is 36.4 Å². The first-order valence-electron chi connectivity index (χ1n) is 5.72. The van der Waals surface area contributed by atoms with Crippen molar-refractivity contribution in [2.45, 2.75) is 12.7 Å². The topological polar surface area (TPSA) is 136 Å². The lowest BCUT2D eigenvalue weighted by Gasteiger charge is -2.13. The molecule has 0 saturated carbocycles. The Labute approximate surface area is 122 Å². The molecule has 0 aliphatic rings. The molecular weight excluding hydrogens is 301 g/mol. The number of carboxylic acid groups (broad SMARTS) is 2. The van der Waals surface area contributed by atoms with Crippen LogP contribution in [0, 0.1) is 0 Å². The van der Waals surface area contributed by atoms with Crippen molar-refractivity contribution in [1.82, 2.24) is 0 Å². The fourth-order valence-electron chi connectivity index (χ4n) is 1.28. The standard InChI is InChI=1S/C10H16NO3P.C2H2O4/c1-13-15(12,14-2)8-10-5-3-4-9(6-10)7-11;3-1(4)2(5)6/h3-6H,7-8,11H2,1-2H3;(H,3,4)(H,5,6). The summed E-state index contributed by atoms with van der Waals surface area (Å²) in [4.78, 5) is 18.2. The molecule has 0 fully saturated rings. The minimum absolute atomic E-state index is 0.272. The first kappa shape index (κ1) is 19.3. The van der Waals surface area contributed by atoms with Crippen LogP contribution in [-0.2, 0) is 35.9 Å². The molecular formula is C12H18NO7P. The third-order valence-electron chi connectivity index (χ3n) is 2.34. The number of aliphatic carboxylic acids is 2. The van der Waals surface area contributed by atoms with E-state index in [1.165, 1.54) is 14.2 Å². The van der Waals surface area contributed by atoms with Gasteiger partial charge in [-0.25, -0.2) is 9.59 Å². The largest absolute Gasteiger partial charge is 0.473 e. The summed E-state index contributed by atoms with van der Waals surface area (Å²) < 4.78 is 21.6. The van der Waals surface area contributed by atoms with Gasteiger partial charge in [-0.15, -0.1) is 0 Å². The highest BCUT2D eigenvalue weighted by atomic mass is 31.2. The molecule has 21 heavy (non-hydrogen) atoms. The fraction of sp³-hybridized carbons (Fsp3) is 0.333. The lowest BCUT2D eigenvalue weighted by Crippen LogP contribution is -2.09. The molecule has 1 rings (SSSR count). The van der Waals surface area contributed by atoms with Crippen molar-refractivity contribution >= 4 is 19.5 Å². The molecule has 4 N–H and O–H groups in total. The first-order chi connectivity index (χ1) is 9.77. The van der Waals surface area contributed by atoms with Crippen LogP contribution in [0.1, 0.15) is 11.1 Å². The van der Waals surface area contributed by atoms with Gasteiger partial charge in [-0.3, -0.25) is 4.57 Å². The Morgan fingerprint density at radius 3 is 2.00 bits per heavy atom. The summed E-state index contributed by atoms with van der Waals surface area (Å²) in [6.07, 6.45) is 0.272. The van der Waals surface area contributed by atoms with Crippen molar-refractivity contribution in [1.29, 1.82) is 0 Å². The molecule has 0 aromatic heterocycles. The van der Waals surface area contributed by atoms with Crippen LogP contribution in [0.3, 0.4) is 0 Å². The summed E-state index contributed by atoms with van der Waals surface area (Å²) in [5, 5.41) is 14.8.